The highest BCUT2D eigenvalue weighted by atomic mass is 16.5. The molecule has 2 N–H and O–H groups in total. The molecule has 1 aromatic heterocycles. The molecule has 4 bridgehead atoms. The third-order valence-corrected chi connectivity index (χ3v) is 6.89. The van der Waals surface area contributed by atoms with Crippen LogP contribution in [0.3, 0.4) is 0 Å². The van der Waals surface area contributed by atoms with Crippen molar-refractivity contribution in [3.8, 4) is 0 Å². The van der Waals surface area contributed by atoms with Gasteiger partial charge < -0.3 is 14.8 Å². The Hall–Kier alpha value is -1.85. The van der Waals surface area contributed by atoms with Gasteiger partial charge >= 0.3 is 5.97 Å². The summed E-state index contributed by atoms with van der Waals surface area (Å²) in [7, 11) is 1.51. The van der Waals surface area contributed by atoms with Crippen LogP contribution in [-0.2, 0) is 21.4 Å². The topological polar surface area (TPSA) is 65.6 Å². The van der Waals surface area contributed by atoms with E-state index >= 15 is 0 Å². The van der Waals surface area contributed by atoms with E-state index in [1.807, 2.05) is 6.07 Å². The number of hydrogen-bond acceptors (Lipinski definition) is 4. The first-order valence-electron chi connectivity index (χ1n) is 9.25. The number of para-hydroxylation sites is 1. The number of carbonyl (C=O) groups is 1. The molecule has 2 fully saturated rings. The van der Waals surface area contributed by atoms with E-state index in [1.54, 1.807) is 0 Å². The van der Waals surface area contributed by atoms with E-state index in [4.69, 9.17) is 4.74 Å². The van der Waals surface area contributed by atoms with Crippen LogP contribution in [0.2, 0.25) is 0 Å². The Balaban J connectivity index is 1.78. The lowest BCUT2D eigenvalue weighted by molar-refractivity contribution is -0.149. The van der Waals surface area contributed by atoms with Crippen molar-refractivity contribution in [2.45, 2.75) is 30.7 Å². The van der Waals surface area contributed by atoms with Gasteiger partial charge in [-0.3, -0.25) is 9.69 Å². The van der Waals surface area contributed by atoms with E-state index < -0.39 is 5.41 Å². The molecule has 1 saturated heterocycles. The van der Waals surface area contributed by atoms with Gasteiger partial charge in [-0.25, -0.2) is 0 Å². The van der Waals surface area contributed by atoms with Crippen molar-refractivity contribution in [1.29, 1.82) is 0 Å². The number of piperidine rings is 1. The zero-order valence-corrected chi connectivity index (χ0v) is 14.5. The van der Waals surface area contributed by atoms with Crippen LogP contribution in [0.1, 0.15) is 24.1 Å². The summed E-state index contributed by atoms with van der Waals surface area (Å²) in [4.78, 5) is 19.3. The van der Waals surface area contributed by atoms with E-state index in [0.29, 0.717) is 5.92 Å². The van der Waals surface area contributed by atoms with Crippen molar-refractivity contribution in [2.75, 3.05) is 26.8 Å². The molecule has 5 heteroatoms. The van der Waals surface area contributed by atoms with Crippen LogP contribution < -0.4 is 0 Å². The van der Waals surface area contributed by atoms with Crippen molar-refractivity contribution < 1.29 is 14.6 Å². The zero-order chi connectivity index (χ0) is 17.2. The monoisotopic (exact) mass is 340 g/mol. The molecule has 1 saturated carbocycles. The second kappa shape index (κ2) is 5.32. The van der Waals surface area contributed by atoms with Crippen molar-refractivity contribution in [2.24, 2.45) is 11.8 Å². The minimum Gasteiger partial charge on any atom is -0.468 e. The molecule has 1 aromatic carbocycles. The summed E-state index contributed by atoms with van der Waals surface area (Å²) >= 11 is 0. The molecular weight excluding hydrogens is 316 g/mol. The lowest BCUT2D eigenvalue weighted by Crippen LogP contribution is -2.49. The number of rotatable bonds is 3. The summed E-state index contributed by atoms with van der Waals surface area (Å²) in [5.74, 6) is 0.494. The Morgan fingerprint density at radius 3 is 3.08 bits per heavy atom. The first kappa shape index (κ1) is 15.4. The van der Waals surface area contributed by atoms with Crippen LogP contribution in [-0.4, -0.2) is 53.8 Å². The summed E-state index contributed by atoms with van der Waals surface area (Å²) in [6.45, 7) is 2.10. The third kappa shape index (κ3) is 1.78. The molecule has 132 valence electrons. The van der Waals surface area contributed by atoms with Crippen LogP contribution >= 0.6 is 0 Å². The minimum absolute atomic E-state index is 0.111. The molecule has 3 aliphatic rings. The second-order valence-electron chi connectivity index (χ2n) is 7.78. The summed E-state index contributed by atoms with van der Waals surface area (Å²) in [6, 6.07) is 8.47. The van der Waals surface area contributed by atoms with Gasteiger partial charge in [-0.1, -0.05) is 18.2 Å². The van der Waals surface area contributed by atoms with Gasteiger partial charge in [0.2, 0.25) is 0 Å². The van der Waals surface area contributed by atoms with Crippen LogP contribution in [0, 0.1) is 11.8 Å². The molecular formula is C20H24N2O3. The van der Waals surface area contributed by atoms with E-state index in [0.717, 1.165) is 43.6 Å². The van der Waals surface area contributed by atoms with E-state index in [-0.39, 0.29) is 24.5 Å². The second-order valence-corrected chi connectivity index (χ2v) is 7.78. The smallest absolute Gasteiger partial charge is 0.319 e. The molecule has 2 aliphatic heterocycles. The predicted octanol–water partition coefficient (Wildman–Crippen LogP) is 1.84. The third-order valence-electron chi connectivity index (χ3n) is 6.89. The Morgan fingerprint density at radius 1 is 1.44 bits per heavy atom. The number of nitrogens with zero attached hydrogens (tertiary/aromatic N) is 1. The molecule has 5 atom stereocenters. The maximum Gasteiger partial charge on any atom is 0.319 e. The Bertz CT molecular complexity index is 845. The largest absolute Gasteiger partial charge is 0.468 e. The Kier molecular flexibility index (Phi) is 3.28. The maximum atomic E-state index is 13.2. The molecule has 25 heavy (non-hydrogen) atoms. The number of esters is 1. The predicted molar refractivity (Wildman–Crippen MR) is 94.4 cm³/mol. The fourth-order valence-electron chi connectivity index (χ4n) is 6.15. The summed E-state index contributed by atoms with van der Waals surface area (Å²) in [5, 5.41) is 10.8. The zero-order valence-electron chi connectivity index (χ0n) is 14.5. The molecule has 5 nitrogen and oxygen atoms in total. The lowest BCUT2D eigenvalue weighted by atomic mass is 9.73. The summed E-state index contributed by atoms with van der Waals surface area (Å²) in [5.41, 5.74) is 2.85. The van der Waals surface area contributed by atoms with Gasteiger partial charge in [0.25, 0.3) is 0 Å². The number of aromatic amines is 1. The number of nitrogens with one attached hydrogen (secondary N) is 1. The number of methoxy groups -OCH3 is 1. The number of aliphatic hydroxyl groups excluding tert-OH is 1. The van der Waals surface area contributed by atoms with Gasteiger partial charge in [0.05, 0.1) is 7.11 Å². The highest BCUT2D eigenvalue weighted by Gasteiger charge is 2.69. The van der Waals surface area contributed by atoms with E-state index in [2.05, 4.69) is 28.1 Å². The molecule has 5 rings (SSSR count). The van der Waals surface area contributed by atoms with E-state index in [9.17, 15) is 9.90 Å². The van der Waals surface area contributed by atoms with Crippen molar-refractivity contribution in [3.05, 3.63) is 35.5 Å². The number of ether oxygens (including phenoxy) is 1. The molecule has 3 heterocycles. The van der Waals surface area contributed by atoms with E-state index in [1.165, 1.54) is 18.1 Å². The van der Waals surface area contributed by atoms with Gasteiger partial charge in [-0.15, -0.1) is 0 Å². The first-order valence-corrected chi connectivity index (χ1v) is 9.25. The van der Waals surface area contributed by atoms with Gasteiger partial charge in [-0.05, 0) is 42.7 Å². The van der Waals surface area contributed by atoms with Gasteiger partial charge in [0, 0.05) is 42.3 Å². The highest BCUT2D eigenvalue weighted by molar-refractivity contribution is 5.92. The van der Waals surface area contributed by atoms with Crippen LogP contribution in [0.15, 0.2) is 24.3 Å². The molecule has 1 aliphatic carbocycles. The Morgan fingerprint density at radius 2 is 2.28 bits per heavy atom. The average molecular weight is 340 g/mol. The summed E-state index contributed by atoms with van der Waals surface area (Å²) in [6.07, 6.45) is 2.70. The Labute approximate surface area is 147 Å². The normalized spacial score (nSPS) is 35.6. The number of H-pyrrole nitrogens is 1. The molecule has 3 unspecified atom stereocenters. The number of hydrogen-bond donors (Lipinski definition) is 2. The van der Waals surface area contributed by atoms with Crippen molar-refractivity contribution in [1.82, 2.24) is 9.88 Å². The van der Waals surface area contributed by atoms with Crippen molar-refractivity contribution in [3.63, 3.8) is 0 Å². The van der Waals surface area contributed by atoms with Crippen molar-refractivity contribution >= 4 is 16.9 Å². The number of carbonyl (C=O) groups excluding carboxylic acids is 1. The standard InChI is InChI=1S/C20H24N2O3/c1-25-19(24)20-13-10-12(7-9-23)18(20)22(11-13)8-6-15-14-4-2-3-5-16(14)21-17(15)20/h2-5,12-13,18,21,23H,6-11H2,1H3/t12?,13-,18?,20-/m1/s1. The average Bonchev–Trinajstić information content (AvgIpc) is 3.21. The van der Waals surface area contributed by atoms with Crippen LogP contribution in [0.25, 0.3) is 10.9 Å². The number of aliphatic hydroxyl groups is 1. The molecule has 0 spiro atoms. The molecule has 0 radical (unpaired) electrons. The SMILES string of the molecule is COC(=O)[C@@]12c3[nH]c4ccccc4c3CCN3C[C@H]1CC(CCO)C32. The number of fused-ring (bicyclic) bond motifs is 3. The first-order chi connectivity index (χ1) is 12.2. The summed E-state index contributed by atoms with van der Waals surface area (Å²) < 4.78 is 5.38. The highest BCUT2D eigenvalue weighted by Crippen LogP contribution is 2.59. The minimum atomic E-state index is -0.612. The van der Waals surface area contributed by atoms with Crippen LogP contribution in [0.4, 0.5) is 0 Å². The fraction of sp³-hybridized carbons (Fsp3) is 0.550. The van der Waals surface area contributed by atoms with Gasteiger partial charge in [0.1, 0.15) is 5.41 Å². The fourth-order valence-corrected chi connectivity index (χ4v) is 6.15. The molecule has 0 amide bonds. The van der Waals surface area contributed by atoms with Gasteiger partial charge in [0.15, 0.2) is 0 Å². The maximum absolute atomic E-state index is 13.2. The number of aromatic nitrogens is 1. The van der Waals surface area contributed by atoms with Gasteiger partial charge in [-0.2, -0.15) is 0 Å². The lowest BCUT2D eigenvalue weighted by Gasteiger charge is -2.35. The number of benzene rings is 1. The molecule has 2 aromatic rings. The quantitative estimate of drug-likeness (QED) is 0.837. The van der Waals surface area contributed by atoms with Crippen LogP contribution in [0.5, 0.6) is 0 Å².